The summed E-state index contributed by atoms with van der Waals surface area (Å²) in [6.07, 6.45) is 4.13. The summed E-state index contributed by atoms with van der Waals surface area (Å²) in [5, 5.41) is 3.26. The highest BCUT2D eigenvalue weighted by atomic mass is 32.1. The minimum atomic E-state index is -0.489. The van der Waals surface area contributed by atoms with Crippen LogP contribution in [0.3, 0.4) is 0 Å². The molecule has 0 saturated heterocycles. The number of anilines is 1. The Morgan fingerprint density at radius 2 is 1.94 bits per heavy atom. The van der Waals surface area contributed by atoms with E-state index >= 15 is 0 Å². The first-order valence-electron chi connectivity index (χ1n) is 10.8. The zero-order valence-corrected chi connectivity index (χ0v) is 19.4. The summed E-state index contributed by atoms with van der Waals surface area (Å²) in [6, 6.07) is 7.91. The molecule has 1 aromatic heterocycles. The average Bonchev–Trinajstić information content (AvgIpc) is 3.32. The lowest BCUT2D eigenvalue weighted by Crippen LogP contribution is -2.19. The van der Waals surface area contributed by atoms with Gasteiger partial charge in [0, 0.05) is 17.2 Å². The van der Waals surface area contributed by atoms with Crippen molar-refractivity contribution in [1.82, 2.24) is 4.98 Å². The van der Waals surface area contributed by atoms with Crippen LogP contribution >= 0.6 is 11.3 Å². The summed E-state index contributed by atoms with van der Waals surface area (Å²) < 4.78 is 4.83. The lowest BCUT2D eigenvalue weighted by molar-refractivity contribution is -0.120. The van der Waals surface area contributed by atoms with Crippen LogP contribution in [0, 0.1) is 11.8 Å². The normalized spacial score (nSPS) is 17.1. The van der Waals surface area contributed by atoms with Gasteiger partial charge in [0.2, 0.25) is 5.91 Å². The van der Waals surface area contributed by atoms with Crippen molar-refractivity contribution in [3.8, 4) is 0 Å². The number of hydrogen-bond acceptors (Lipinski definition) is 6. The van der Waals surface area contributed by atoms with E-state index in [9.17, 15) is 14.4 Å². The maximum absolute atomic E-state index is 12.8. The Labute approximate surface area is 187 Å². The number of nitrogens with one attached hydrogen (secondary N) is 1. The monoisotopic (exact) mass is 442 g/mol. The molecule has 0 radical (unpaired) electrons. The molecule has 1 aromatic carbocycles. The summed E-state index contributed by atoms with van der Waals surface area (Å²) in [5.41, 5.74) is 2.29. The number of esters is 1. The van der Waals surface area contributed by atoms with Crippen LogP contribution in [0.2, 0.25) is 0 Å². The largest absolute Gasteiger partial charge is 0.464 e. The molecule has 1 aliphatic carbocycles. The Balaban J connectivity index is 1.66. The summed E-state index contributed by atoms with van der Waals surface area (Å²) in [4.78, 5) is 41.8. The highest BCUT2D eigenvalue weighted by Crippen LogP contribution is 2.29. The number of aromatic nitrogens is 1. The third-order valence-corrected chi connectivity index (χ3v) is 6.68. The van der Waals surface area contributed by atoms with Gasteiger partial charge in [-0.1, -0.05) is 38.1 Å². The fourth-order valence-corrected chi connectivity index (χ4v) is 5.03. The number of thiazole rings is 1. The number of Topliss-reactive ketones (excluding diaryl/α,β-unsaturated/α-hetero) is 1. The average molecular weight is 443 g/mol. The number of ether oxygens (including phenoxy) is 1. The lowest BCUT2D eigenvalue weighted by atomic mass is 9.94. The molecule has 1 amide bonds. The quantitative estimate of drug-likeness (QED) is 0.595. The fraction of sp³-hybridized carbons (Fsp3) is 0.500. The van der Waals surface area contributed by atoms with Crippen molar-refractivity contribution < 1.29 is 19.1 Å². The number of methoxy groups -OCH3 is 1. The van der Waals surface area contributed by atoms with E-state index in [1.54, 1.807) is 0 Å². The number of ketones is 1. The highest BCUT2D eigenvalue weighted by molar-refractivity contribution is 7.16. The van der Waals surface area contributed by atoms with Crippen LogP contribution in [-0.4, -0.2) is 29.8 Å². The molecule has 7 heteroatoms. The second-order valence-electron chi connectivity index (χ2n) is 8.59. The van der Waals surface area contributed by atoms with Gasteiger partial charge in [0.25, 0.3) is 0 Å². The molecule has 3 rings (SSSR count). The molecule has 0 unspecified atom stereocenters. The summed E-state index contributed by atoms with van der Waals surface area (Å²) in [7, 11) is 1.33. The molecule has 166 valence electrons. The fourth-order valence-electron chi connectivity index (χ4n) is 3.87. The smallest absolute Gasteiger partial charge is 0.357 e. The summed E-state index contributed by atoms with van der Waals surface area (Å²) >= 11 is 1.32. The highest BCUT2D eigenvalue weighted by Gasteiger charge is 2.25. The molecule has 1 N–H and O–H groups in total. The summed E-state index contributed by atoms with van der Waals surface area (Å²) in [6.45, 7) is 5.97. The van der Waals surface area contributed by atoms with Crippen LogP contribution in [0.4, 0.5) is 5.13 Å². The van der Waals surface area contributed by atoms with Crippen LogP contribution in [0.5, 0.6) is 0 Å². The van der Waals surface area contributed by atoms with E-state index in [-0.39, 0.29) is 23.4 Å². The Bertz CT molecular complexity index is 949. The number of benzene rings is 1. The number of hydrogen-bond donors (Lipinski definition) is 1. The second kappa shape index (κ2) is 10.2. The molecule has 1 heterocycles. The van der Waals surface area contributed by atoms with Gasteiger partial charge in [-0.25, -0.2) is 9.78 Å². The maximum Gasteiger partial charge on any atom is 0.357 e. The molecule has 1 saturated carbocycles. The molecule has 0 spiro atoms. The maximum atomic E-state index is 12.8. The van der Waals surface area contributed by atoms with Gasteiger partial charge in [0.15, 0.2) is 10.8 Å². The summed E-state index contributed by atoms with van der Waals surface area (Å²) in [5.74, 6) is -0.189. The molecule has 0 bridgehead atoms. The molecule has 0 aliphatic heterocycles. The molecule has 1 aliphatic rings. The van der Waals surface area contributed by atoms with E-state index in [1.165, 1.54) is 18.4 Å². The number of amides is 1. The first kappa shape index (κ1) is 23.1. The third kappa shape index (κ3) is 5.79. The molecule has 1 fully saturated rings. The van der Waals surface area contributed by atoms with Gasteiger partial charge in [-0.3, -0.25) is 9.59 Å². The van der Waals surface area contributed by atoms with Crippen molar-refractivity contribution in [2.75, 3.05) is 12.4 Å². The lowest BCUT2D eigenvalue weighted by Gasteiger charge is -2.13. The van der Waals surface area contributed by atoms with E-state index in [0.29, 0.717) is 29.7 Å². The SMILES string of the molecule is COC(=O)c1nc(NC(=O)[C@H](C)c2ccc(C[C@@H]3CCCC3=O)cc2)sc1CC(C)C. The van der Waals surface area contributed by atoms with Crippen LogP contribution in [-0.2, 0) is 27.2 Å². The molecule has 2 atom stereocenters. The van der Waals surface area contributed by atoms with E-state index in [1.807, 2.05) is 31.2 Å². The molecule has 31 heavy (non-hydrogen) atoms. The Kier molecular flexibility index (Phi) is 7.59. The van der Waals surface area contributed by atoms with Crippen molar-refractivity contribution in [1.29, 1.82) is 0 Å². The third-order valence-electron chi connectivity index (χ3n) is 5.69. The van der Waals surface area contributed by atoms with Gasteiger partial charge in [0.05, 0.1) is 13.0 Å². The zero-order chi connectivity index (χ0) is 22.5. The standard InChI is InChI=1S/C24H30N2O4S/c1-14(2)12-20-21(23(29)30-4)25-24(31-20)26-22(28)15(3)17-10-8-16(9-11-17)13-18-6-5-7-19(18)27/h8-11,14-15,18H,5-7,12-13H2,1-4H3,(H,25,26,28)/t15-,18+/m1/s1. The second-order valence-corrected chi connectivity index (χ2v) is 9.68. The number of rotatable bonds is 8. The number of carbonyl (C=O) groups excluding carboxylic acids is 3. The van der Waals surface area contributed by atoms with Crippen LogP contribution < -0.4 is 5.32 Å². The van der Waals surface area contributed by atoms with E-state index in [4.69, 9.17) is 4.74 Å². The van der Waals surface area contributed by atoms with Gasteiger partial charge in [0.1, 0.15) is 5.78 Å². The number of carbonyl (C=O) groups is 3. The van der Waals surface area contributed by atoms with E-state index in [2.05, 4.69) is 24.1 Å². The topological polar surface area (TPSA) is 85.4 Å². The Morgan fingerprint density at radius 3 is 2.52 bits per heavy atom. The van der Waals surface area contributed by atoms with Crippen molar-refractivity contribution in [2.45, 2.75) is 58.8 Å². The van der Waals surface area contributed by atoms with Gasteiger partial charge in [-0.2, -0.15) is 0 Å². The van der Waals surface area contributed by atoms with E-state index in [0.717, 1.165) is 35.3 Å². The molecular formula is C24H30N2O4S. The predicted octanol–water partition coefficient (Wildman–Crippen LogP) is 4.78. The van der Waals surface area contributed by atoms with Gasteiger partial charge in [-0.15, -0.1) is 11.3 Å². The van der Waals surface area contributed by atoms with Crippen LogP contribution in [0.1, 0.15) is 72.4 Å². The van der Waals surface area contributed by atoms with Gasteiger partial charge < -0.3 is 10.1 Å². The van der Waals surface area contributed by atoms with Crippen molar-refractivity contribution in [2.24, 2.45) is 11.8 Å². The van der Waals surface area contributed by atoms with Crippen LogP contribution in [0.15, 0.2) is 24.3 Å². The van der Waals surface area contributed by atoms with Gasteiger partial charge >= 0.3 is 5.97 Å². The first-order chi connectivity index (χ1) is 14.8. The van der Waals surface area contributed by atoms with Crippen molar-refractivity contribution >= 4 is 34.1 Å². The minimum absolute atomic E-state index is 0.139. The predicted molar refractivity (Wildman–Crippen MR) is 122 cm³/mol. The Hall–Kier alpha value is -2.54. The molecule has 6 nitrogen and oxygen atoms in total. The number of nitrogens with zero attached hydrogens (tertiary/aromatic N) is 1. The molecule has 2 aromatic rings. The Morgan fingerprint density at radius 1 is 1.23 bits per heavy atom. The zero-order valence-electron chi connectivity index (χ0n) is 18.6. The van der Waals surface area contributed by atoms with Crippen molar-refractivity contribution in [3.05, 3.63) is 46.0 Å². The first-order valence-corrected chi connectivity index (χ1v) is 11.6. The molecular weight excluding hydrogens is 412 g/mol. The minimum Gasteiger partial charge on any atom is -0.464 e. The van der Waals surface area contributed by atoms with Crippen molar-refractivity contribution in [3.63, 3.8) is 0 Å². The van der Waals surface area contributed by atoms with E-state index < -0.39 is 5.97 Å². The van der Waals surface area contributed by atoms with Gasteiger partial charge in [-0.05, 0) is 49.7 Å². The van der Waals surface area contributed by atoms with Crippen LogP contribution in [0.25, 0.3) is 0 Å².